The Morgan fingerprint density at radius 2 is 1.68 bits per heavy atom. The van der Waals surface area contributed by atoms with Crippen LogP contribution in [-0.2, 0) is 14.3 Å². The summed E-state index contributed by atoms with van der Waals surface area (Å²) in [5.41, 5.74) is -0.749. The molecule has 1 aromatic rings. The minimum Gasteiger partial charge on any atom is -0.459 e. The van der Waals surface area contributed by atoms with E-state index in [1.807, 2.05) is 36.4 Å². The lowest BCUT2D eigenvalue weighted by Crippen LogP contribution is -2.40. The van der Waals surface area contributed by atoms with Gasteiger partial charge in [-0.15, -0.1) is 0 Å². The van der Waals surface area contributed by atoms with E-state index < -0.39 is 17.0 Å². The quantitative estimate of drug-likeness (QED) is 0.555. The van der Waals surface area contributed by atoms with Gasteiger partial charge < -0.3 is 4.74 Å². The van der Waals surface area contributed by atoms with Gasteiger partial charge in [0.15, 0.2) is 0 Å². The molecule has 1 atom stereocenters. The molecular formula is C18H23BrO3. The molecule has 0 radical (unpaired) electrons. The number of carbonyl (C=O) groups excluding carboxylic acids is 2. The fraction of sp³-hybridized carbons (Fsp3) is 0.444. The molecule has 0 aliphatic carbocycles. The smallest absolute Gasteiger partial charge is 0.320 e. The van der Waals surface area contributed by atoms with Crippen LogP contribution in [0.5, 0.6) is 0 Å². The van der Waals surface area contributed by atoms with Crippen molar-refractivity contribution in [3.8, 4) is 0 Å². The second kappa shape index (κ2) is 7.23. The maximum atomic E-state index is 12.3. The first-order chi connectivity index (χ1) is 10.0. The van der Waals surface area contributed by atoms with Crippen LogP contribution in [0.15, 0.2) is 34.8 Å². The van der Waals surface area contributed by atoms with Crippen LogP contribution in [0.1, 0.15) is 46.6 Å². The molecule has 0 aliphatic rings. The first-order valence-electron chi connectivity index (χ1n) is 7.21. The molecular weight excluding hydrogens is 344 g/mol. The van der Waals surface area contributed by atoms with Gasteiger partial charge in [0.25, 0.3) is 0 Å². The highest BCUT2D eigenvalue weighted by Gasteiger charge is 2.40. The Morgan fingerprint density at radius 3 is 2.14 bits per heavy atom. The van der Waals surface area contributed by atoms with E-state index in [0.717, 1.165) is 10.0 Å². The number of benzene rings is 1. The van der Waals surface area contributed by atoms with Crippen molar-refractivity contribution < 1.29 is 14.3 Å². The van der Waals surface area contributed by atoms with Crippen molar-refractivity contribution in [3.63, 3.8) is 0 Å². The van der Waals surface area contributed by atoms with E-state index in [9.17, 15) is 9.59 Å². The first-order valence-corrected chi connectivity index (χ1v) is 8.00. The molecule has 0 spiro atoms. The van der Waals surface area contributed by atoms with Gasteiger partial charge in [-0.2, -0.15) is 0 Å². The highest BCUT2D eigenvalue weighted by molar-refractivity contribution is 9.10. The summed E-state index contributed by atoms with van der Waals surface area (Å²) in [6, 6.07) is 7.80. The van der Waals surface area contributed by atoms with Crippen molar-refractivity contribution in [1.82, 2.24) is 0 Å². The van der Waals surface area contributed by atoms with Crippen molar-refractivity contribution in [2.24, 2.45) is 5.41 Å². The van der Waals surface area contributed by atoms with E-state index in [4.69, 9.17) is 4.74 Å². The lowest BCUT2D eigenvalue weighted by atomic mass is 9.82. The summed E-state index contributed by atoms with van der Waals surface area (Å²) in [5.74, 6) is -0.671. The Labute approximate surface area is 140 Å². The molecule has 0 saturated heterocycles. The van der Waals surface area contributed by atoms with Gasteiger partial charge in [-0.1, -0.05) is 40.2 Å². The molecule has 0 N–H and O–H groups in total. The zero-order valence-electron chi connectivity index (χ0n) is 13.8. The first kappa shape index (κ1) is 18.6. The van der Waals surface area contributed by atoms with Gasteiger partial charge in [-0.05, 0) is 58.7 Å². The molecule has 0 aliphatic heterocycles. The van der Waals surface area contributed by atoms with Crippen LogP contribution >= 0.6 is 15.9 Å². The monoisotopic (exact) mass is 366 g/mol. The number of Topliss-reactive ketones (excluding diaryl/α,β-unsaturated/α-hetero) is 1. The molecule has 1 aromatic carbocycles. The number of hydrogen-bond donors (Lipinski definition) is 0. The fourth-order valence-corrected chi connectivity index (χ4v) is 2.03. The number of allylic oxidation sites excluding steroid dienone is 1. The molecule has 3 nitrogen and oxygen atoms in total. The molecule has 0 amide bonds. The predicted octanol–water partition coefficient (Wildman–Crippen LogP) is 4.79. The third kappa shape index (κ3) is 5.41. The van der Waals surface area contributed by atoms with Crippen LogP contribution in [0, 0.1) is 5.41 Å². The van der Waals surface area contributed by atoms with E-state index >= 15 is 0 Å². The summed E-state index contributed by atoms with van der Waals surface area (Å²) in [6.45, 7) is 8.45. The maximum absolute atomic E-state index is 12.3. The van der Waals surface area contributed by atoms with Gasteiger partial charge in [-0.25, -0.2) is 0 Å². The van der Waals surface area contributed by atoms with Gasteiger partial charge in [0.05, 0.1) is 0 Å². The minimum absolute atomic E-state index is 0.192. The number of ketones is 1. The molecule has 120 valence electrons. The molecule has 0 saturated carbocycles. The molecule has 22 heavy (non-hydrogen) atoms. The van der Waals surface area contributed by atoms with Crippen LogP contribution in [0.25, 0.3) is 6.08 Å². The van der Waals surface area contributed by atoms with Crippen LogP contribution < -0.4 is 0 Å². The van der Waals surface area contributed by atoms with E-state index in [2.05, 4.69) is 15.9 Å². The number of rotatable bonds is 5. The third-order valence-corrected chi connectivity index (χ3v) is 3.86. The number of esters is 1. The standard InChI is InChI=1S/C18H23BrO3/c1-13(20)18(5,16(21)22-17(2,3)4)12-6-7-14-8-10-15(19)11-9-14/h6-11H,12H2,1-5H3/b7-6+/t18-/m0/s1. The van der Waals surface area contributed by atoms with Gasteiger partial charge in [-0.3, -0.25) is 9.59 Å². The minimum atomic E-state index is -1.15. The lowest BCUT2D eigenvalue weighted by molar-refractivity contribution is -0.168. The van der Waals surface area contributed by atoms with Gasteiger partial charge in [0.1, 0.15) is 16.8 Å². The highest BCUT2D eigenvalue weighted by atomic mass is 79.9. The van der Waals surface area contributed by atoms with Crippen molar-refractivity contribution in [3.05, 3.63) is 40.4 Å². The maximum Gasteiger partial charge on any atom is 0.320 e. The summed E-state index contributed by atoms with van der Waals surface area (Å²) in [5, 5.41) is 0. The number of ether oxygens (including phenoxy) is 1. The van der Waals surface area contributed by atoms with Gasteiger partial charge in [0.2, 0.25) is 0 Å². The van der Waals surface area contributed by atoms with E-state index in [0.29, 0.717) is 6.42 Å². The lowest BCUT2D eigenvalue weighted by Gasteiger charge is -2.28. The summed E-state index contributed by atoms with van der Waals surface area (Å²) < 4.78 is 6.39. The number of halogens is 1. The van der Waals surface area contributed by atoms with Gasteiger partial charge in [0, 0.05) is 4.47 Å². The second-order valence-corrected chi connectivity index (χ2v) is 7.46. The largest absolute Gasteiger partial charge is 0.459 e. The normalized spacial score (nSPS) is 14.6. The van der Waals surface area contributed by atoms with Crippen LogP contribution in [-0.4, -0.2) is 17.4 Å². The average molecular weight is 367 g/mol. The number of hydrogen-bond acceptors (Lipinski definition) is 3. The van der Waals surface area contributed by atoms with Crippen molar-refractivity contribution >= 4 is 33.8 Å². The molecule has 0 fully saturated rings. The summed E-state index contributed by atoms with van der Waals surface area (Å²) >= 11 is 3.38. The third-order valence-electron chi connectivity index (χ3n) is 3.33. The predicted molar refractivity (Wildman–Crippen MR) is 92.4 cm³/mol. The number of carbonyl (C=O) groups is 2. The SMILES string of the molecule is CC(=O)[C@](C)(C/C=C/c1ccc(Br)cc1)C(=O)OC(C)(C)C. The van der Waals surface area contributed by atoms with Gasteiger partial charge >= 0.3 is 5.97 Å². The second-order valence-electron chi connectivity index (χ2n) is 6.55. The molecule has 0 unspecified atom stereocenters. The Hall–Kier alpha value is -1.42. The Bertz CT molecular complexity index is 567. The van der Waals surface area contributed by atoms with E-state index in [-0.39, 0.29) is 5.78 Å². The average Bonchev–Trinajstić information content (AvgIpc) is 2.38. The fourth-order valence-electron chi connectivity index (χ4n) is 1.77. The Balaban J connectivity index is 2.85. The van der Waals surface area contributed by atoms with Crippen LogP contribution in [0.3, 0.4) is 0 Å². The molecule has 0 aromatic heterocycles. The highest BCUT2D eigenvalue weighted by Crippen LogP contribution is 2.28. The molecule has 0 bridgehead atoms. The summed E-state index contributed by atoms with van der Waals surface area (Å²) in [7, 11) is 0. The Kier molecular flexibility index (Phi) is 6.12. The van der Waals surface area contributed by atoms with Crippen molar-refractivity contribution in [1.29, 1.82) is 0 Å². The molecule has 0 heterocycles. The van der Waals surface area contributed by atoms with E-state index in [1.165, 1.54) is 6.92 Å². The van der Waals surface area contributed by atoms with Crippen LogP contribution in [0.4, 0.5) is 0 Å². The van der Waals surface area contributed by atoms with Crippen molar-refractivity contribution in [2.75, 3.05) is 0 Å². The Morgan fingerprint density at radius 1 is 1.14 bits per heavy atom. The summed E-state index contributed by atoms with van der Waals surface area (Å²) in [4.78, 5) is 24.3. The summed E-state index contributed by atoms with van der Waals surface area (Å²) in [6.07, 6.45) is 4.06. The van der Waals surface area contributed by atoms with E-state index in [1.54, 1.807) is 27.7 Å². The zero-order valence-corrected chi connectivity index (χ0v) is 15.4. The zero-order chi connectivity index (χ0) is 17.0. The van der Waals surface area contributed by atoms with Crippen LogP contribution in [0.2, 0.25) is 0 Å². The van der Waals surface area contributed by atoms with Crippen molar-refractivity contribution in [2.45, 2.75) is 46.6 Å². The topological polar surface area (TPSA) is 43.4 Å². The molecule has 1 rings (SSSR count). The molecule has 4 heteroatoms.